The number of hydrogen-bond donors (Lipinski definition) is 2. The van der Waals surface area contributed by atoms with E-state index >= 15 is 0 Å². The van der Waals surface area contributed by atoms with Gasteiger partial charge in [-0.3, -0.25) is 4.79 Å². The van der Waals surface area contributed by atoms with Gasteiger partial charge in [-0.15, -0.1) is 0 Å². The van der Waals surface area contributed by atoms with Crippen LogP contribution in [0.1, 0.15) is 43.0 Å². The number of hydrogen-bond acceptors (Lipinski definition) is 2. The molecule has 0 aromatic heterocycles. The molecule has 2 rings (SSSR count). The van der Waals surface area contributed by atoms with Gasteiger partial charge < -0.3 is 11.1 Å². The molecule has 1 aromatic rings. The van der Waals surface area contributed by atoms with Crippen LogP contribution in [0.2, 0.25) is 5.02 Å². The molecule has 0 saturated heterocycles. The van der Waals surface area contributed by atoms with E-state index in [2.05, 4.69) is 12.2 Å². The Hall–Kier alpha value is -1.22. The first-order valence-corrected chi connectivity index (χ1v) is 6.85. The van der Waals surface area contributed by atoms with Crippen LogP contribution in [-0.2, 0) is 0 Å². The van der Waals surface area contributed by atoms with Gasteiger partial charge in [0.1, 0.15) is 0 Å². The molecule has 1 aromatic carbocycles. The Labute approximate surface area is 113 Å². The fraction of sp³-hybridized carbons (Fsp3) is 0.500. The molecule has 18 heavy (non-hydrogen) atoms. The summed E-state index contributed by atoms with van der Waals surface area (Å²) < 4.78 is 0. The van der Waals surface area contributed by atoms with E-state index in [9.17, 15) is 4.79 Å². The molecule has 3 N–H and O–H groups in total. The Morgan fingerprint density at radius 1 is 1.50 bits per heavy atom. The zero-order chi connectivity index (χ0) is 13.1. The number of nitrogens with two attached hydrogens (primary N) is 1. The van der Waals surface area contributed by atoms with Crippen molar-refractivity contribution in [2.45, 2.75) is 38.6 Å². The lowest BCUT2D eigenvalue weighted by Gasteiger charge is -2.21. The van der Waals surface area contributed by atoms with Gasteiger partial charge in [0.25, 0.3) is 0 Å². The van der Waals surface area contributed by atoms with Gasteiger partial charge in [0.15, 0.2) is 0 Å². The van der Waals surface area contributed by atoms with Crippen LogP contribution in [0.4, 0.5) is 5.69 Å². The van der Waals surface area contributed by atoms with Crippen LogP contribution < -0.4 is 11.1 Å². The van der Waals surface area contributed by atoms with Crippen molar-refractivity contribution in [2.24, 2.45) is 11.7 Å². The second kappa shape index (κ2) is 5.61. The zero-order valence-corrected chi connectivity index (χ0v) is 11.3. The van der Waals surface area contributed by atoms with Crippen LogP contribution in [0.25, 0.3) is 0 Å². The highest BCUT2D eigenvalue weighted by Crippen LogP contribution is 2.33. The number of primary amides is 1. The molecule has 0 heterocycles. The van der Waals surface area contributed by atoms with Crippen molar-refractivity contribution in [2.75, 3.05) is 5.32 Å². The van der Waals surface area contributed by atoms with Crippen LogP contribution in [0.5, 0.6) is 0 Å². The maximum atomic E-state index is 11.2. The number of anilines is 1. The number of rotatable bonds is 4. The molecule has 0 aliphatic heterocycles. The van der Waals surface area contributed by atoms with Gasteiger partial charge in [0, 0.05) is 11.6 Å². The molecule has 3 nitrogen and oxygen atoms in total. The van der Waals surface area contributed by atoms with Crippen LogP contribution in [-0.4, -0.2) is 11.9 Å². The van der Waals surface area contributed by atoms with Gasteiger partial charge in [-0.2, -0.15) is 0 Å². The van der Waals surface area contributed by atoms with Crippen molar-refractivity contribution in [1.29, 1.82) is 0 Å². The van der Waals surface area contributed by atoms with E-state index in [4.69, 9.17) is 17.3 Å². The summed E-state index contributed by atoms with van der Waals surface area (Å²) >= 11 is 6.16. The first kappa shape index (κ1) is 13.2. The van der Waals surface area contributed by atoms with Crippen molar-refractivity contribution in [3.8, 4) is 0 Å². The lowest BCUT2D eigenvalue weighted by atomic mass is 10.0. The maximum absolute atomic E-state index is 11.2. The summed E-state index contributed by atoms with van der Waals surface area (Å²) in [6.45, 7) is 2.21. The highest BCUT2D eigenvalue weighted by molar-refractivity contribution is 6.33. The third-order valence-electron chi connectivity index (χ3n) is 3.78. The molecule has 1 amide bonds. The summed E-state index contributed by atoms with van der Waals surface area (Å²) in [6, 6.07) is 5.58. The number of nitrogens with one attached hydrogen (secondary N) is 1. The Balaban J connectivity index is 2.17. The lowest BCUT2D eigenvalue weighted by molar-refractivity contribution is 0.100. The fourth-order valence-electron chi connectivity index (χ4n) is 2.70. The molecule has 2 atom stereocenters. The van der Waals surface area contributed by atoms with Crippen molar-refractivity contribution < 1.29 is 4.79 Å². The minimum absolute atomic E-state index is 0.423. The molecule has 98 valence electrons. The van der Waals surface area contributed by atoms with E-state index in [1.54, 1.807) is 18.2 Å². The summed E-state index contributed by atoms with van der Waals surface area (Å²) in [4.78, 5) is 11.2. The lowest BCUT2D eigenvalue weighted by Crippen LogP contribution is -2.24. The van der Waals surface area contributed by atoms with Crippen LogP contribution in [0.3, 0.4) is 0 Å². The monoisotopic (exact) mass is 266 g/mol. The first-order valence-electron chi connectivity index (χ1n) is 6.47. The second-order valence-electron chi connectivity index (χ2n) is 4.91. The molecule has 0 bridgehead atoms. The van der Waals surface area contributed by atoms with E-state index < -0.39 is 5.91 Å². The molecular weight excluding hydrogens is 248 g/mol. The predicted octanol–water partition coefficient (Wildman–Crippen LogP) is 3.43. The van der Waals surface area contributed by atoms with E-state index in [0.29, 0.717) is 22.5 Å². The summed E-state index contributed by atoms with van der Waals surface area (Å²) in [5.74, 6) is 0.270. The van der Waals surface area contributed by atoms with Gasteiger partial charge in [-0.1, -0.05) is 31.4 Å². The molecular formula is C14H19ClN2O. The van der Waals surface area contributed by atoms with Crippen molar-refractivity contribution >= 4 is 23.2 Å². The predicted molar refractivity (Wildman–Crippen MR) is 75.0 cm³/mol. The molecule has 4 heteroatoms. The van der Waals surface area contributed by atoms with Crippen LogP contribution >= 0.6 is 11.6 Å². The largest absolute Gasteiger partial charge is 0.381 e. The Morgan fingerprint density at radius 3 is 2.94 bits per heavy atom. The standard InChI is InChI=1S/C14H19ClN2O/c1-2-9-4-3-5-12(9)17-13-8-10(14(16)18)6-7-11(13)15/h6-9,12,17H,2-5H2,1H3,(H2,16,18). The highest BCUT2D eigenvalue weighted by Gasteiger charge is 2.26. The molecule has 1 saturated carbocycles. The highest BCUT2D eigenvalue weighted by atomic mass is 35.5. The van der Waals surface area contributed by atoms with Gasteiger partial charge in [0.2, 0.25) is 5.91 Å². The van der Waals surface area contributed by atoms with E-state index in [1.165, 1.54) is 19.3 Å². The third-order valence-corrected chi connectivity index (χ3v) is 4.10. The van der Waals surface area contributed by atoms with E-state index in [0.717, 1.165) is 12.1 Å². The minimum atomic E-state index is -0.423. The van der Waals surface area contributed by atoms with Gasteiger partial charge >= 0.3 is 0 Å². The average Bonchev–Trinajstić information content (AvgIpc) is 2.79. The number of carbonyl (C=O) groups is 1. The first-order chi connectivity index (χ1) is 8.61. The van der Waals surface area contributed by atoms with Crippen molar-refractivity contribution in [3.63, 3.8) is 0 Å². The minimum Gasteiger partial charge on any atom is -0.381 e. The fourth-order valence-corrected chi connectivity index (χ4v) is 2.88. The number of benzene rings is 1. The molecule has 1 aliphatic carbocycles. The smallest absolute Gasteiger partial charge is 0.248 e. The Bertz CT molecular complexity index is 447. The van der Waals surface area contributed by atoms with E-state index in [-0.39, 0.29) is 0 Å². The molecule has 0 spiro atoms. The normalized spacial score (nSPS) is 23.0. The number of carbonyl (C=O) groups excluding carboxylic acids is 1. The van der Waals surface area contributed by atoms with Gasteiger partial charge in [0.05, 0.1) is 10.7 Å². The van der Waals surface area contributed by atoms with Gasteiger partial charge in [-0.25, -0.2) is 0 Å². The summed E-state index contributed by atoms with van der Waals surface area (Å²) in [5.41, 5.74) is 6.60. The van der Waals surface area contributed by atoms with Crippen LogP contribution in [0.15, 0.2) is 18.2 Å². The molecule has 1 fully saturated rings. The van der Waals surface area contributed by atoms with Crippen molar-refractivity contribution in [1.82, 2.24) is 0 Å². The van der Waals surface area contributed by atoms with Crippen LogP contribution in [0, 0.1) is 5.92 Å². The SMILES string of the molecule is CCC1CCCC1Nc1cc(C(N)=O)ccc1Cl. The Morgan fingerprint density at radius 2 is 2.28 bits per heavy atom. The average molecular weight is 267 g/mol. The van der Waals surface area contributed by atoms with E-state index in [1.807, 2.05) is 0 Å². The second-order valence-corrected chi connectivity index (χ2v) is 5.32. The quantitative estimate of drug-likeness (QED) is 0.877. The molecule has 2 unspecified atom stereocenters. The third kappa shape index (κ3) is 2.78. The maximum Gasteiger partial charge on any atom is 0.248 e. The topological polar surface area (TPSA) is 55.1 Å². The molecule has 1 aliphatic rings. The zero-order valence-electron chi connectivity index (χ0n) is 10.6. The Kier molecular flexibility index (Phi) is 4.12. The number of amides is 1. The van der Waals surface area contributed by atoms with Gasteiger partial charge in [-0.05, 0) is 37.0 Å². The summed E-state index contributed by atoms with van der Waals surface area (Å²) in [6.07, 6.45) is 4.85. The summed E-state index contributed by atoms with van der Waals surface area (Å²) in [7, 11) is 0. The summed E-state index contributed by atoms with van der Waals surface area (Å²) in [5, 5.41) is 4.11. The number of halogens is 1. The molecule has 0 radical (unpaired) electrons. The van der Waals surface area contributed by atoms with Crippen molar-refractivity contribution in [3.05, 3.63) is 28.8 Å².